The standard InChI is InChI=1S/C20H17N3O3/c1-12(24)23-9-8-14-10-15(6-7-18(14)23)21-20(26)17-11-13-4-2-3-5-16(13)19(25)22-17/h2-7,10-11H,8-9H2,1H3,(H,21,26)(H,22,25). The van der Waals surface area contributed by atoms with Gasteiger partial charge in [-0.1, -0.05) is 18.2 Å². The van der Waals surface area contributed by atoms with Crippen molar-refractivity contribution < 1.29 is 9.59 Å². The zero-order valence-corrected chi connectivity index (χ0v) is 14.2. The summed E-state index contributed by atoms with van der Waals surface area (Å²) >= 11 is 0. The highest BCUT2D eigenvalue weighted by molar-refractivity contribution is 6.05. The molecule has 0 spiro atoms. The molecule has 3 aromatic rings. The first-order valence-corrected chi connectivity index (χ1v) is 8.37. The van der Waals surface area contributed by atoms with E-state index in [0.29, 0.717) is 23.0 Å². The third-order valence-corrected chi connectivity index (χ3v) is 4.61. The molecule has 2 amide bonds. The molecule has 130 valence electrons. The van der Waals surface area contributed by atoms with Crippen LogP contribution in [0, 0.1) is 0 Å². The van der Waals surface area contributed by atoms with Crippen molar-refractivity contribution in [2.24, 2.45) is 0 Å². The number of fused-ring (bicyclic) bond motifs is 2. The molecular weight excluding hydrogens is 330 g/mol. The van der Waals surface area contributed by atoms with Crippen LogP contribution < -0.4 is 15.8 Å². The predicted molar refractivity (Wildman–Crippen MR) is 101 cm³/mol. The molecule has 2 N–H and O–H groups in total. The summed E-state index contributed by atoms with van der Waals surface area (Å²) in [6.07, 6.45) is 0.755. The molecule has 4 rings (SSSR count). The number of benzene rings is 2. The lowest BCUT2D eigenvalue weighted by Gasteiger charge is -2.15. The second-order valence-electron chi connectivity index (χ2n) is 6.32. The van der Waals surface area contributed by atoms with Gasteiger partial charge in [-0.05, 0) is 47.7 Å². The summed E-state index contributed by atoms with van der Waals surface area (Å²) < 4.78 is 0. The van der Waals surface area contributed by atoms with Crippen molar-refractivity contribution in [2.75, 3.05) is 16.8 Å². The topological polar surface area (TPSA) is 82.3 Å². The molecule has 0 radical (unpaired) electrons. The number of aromatic amines is 1. The Balaban J connectivity index is 1.61. The Morgan fingerprint density at radius 2 is 1.92 bits per heavy atom. The predicted octanol–water partition coefficient (Wildman–Crippen LogP) is 2.69. The van der Waals surface area contributed by atoms with Crippen LogP contribution in [0.5, 0.6) is 0 Å². The van der Waals surface area contributed by atoms with Crippen LogP contribution in [0.2, 0.25) is 0 Å². The SMILES string of the molecule is CC(=O)N1CCc2cc(NC(=O)c3cc4ccccc4c(=O)[nH]3)ccc21. The number of hydrogen-bond donors (Lipinski definition) is 2. The molecule has 6 heteroatoms. The largest absolute Gasteiger partial charge is 0.321 e. The van der Waals surface area contributed by atoms with Crippen molar-refractivity contribution in [3.8, 4) is 0 Å². The highest BCUT2D eigenvalue weighted by Crippen LogP contribution is 2.30. The lowest BCUT2D eigenvalue weighted by Crippen LogP contribution is -2.25. The van der Waals surface area contributed by atoms with E-state index in [9.17, 15) is 14.4 Å². The first-order chi connectivity index (χ1) is 12.5. The second-order valence-corrected chi connectivity index (χ2v) is 6.32. The van der Waals surface area contributed by atoms with Crippen LogP contribution in [0.3, 0.4) is 0 Å². The minimum Gasteiger partial charge on any atom is -0.321 e. The van der Waals surface area contributed by atoms with E-state index in [-0.39, 0.29) is 23.1 Å². The molecule has 1 aliphatic rings. The van der Waals surface area contributed by atoms with Crippen molar-refractivity contribution in [3.05, 3.63) is 70.1 Å². The Kier molecular flexibility index (Phi) is 3.80. The molecular formula is C20H17N3O3. The second kappa shape index (κ2) is 6.15. The zero-order chi connectivity index (χ0) is 18.3. The van der Waals surface area contributed by atoms with Crippen LogP contribution in [-0.2, 0) is 11.2 Å². The van der Waals surface area contributed by atoms with Crippen molar-refractivity contribution in [1.29, 1.82) is 0 Å². The average molecular weight is 347 g/mol. The van der Waals surface area contributed by atoms with E-state index in [2.05, 4.69) is 10.3 Å². The summed E-state index contributed by atoms with van der Waals surface area (Å²) in [4.78, 5) is 40.6. The molecule has 1 aromatic heterocycles. The maximum absolute atomic E-state index is 12.5. The van der Waals surface area contributed by atoms with E-state index in [1.165, 1.54) is 0 Å². The van der Waals surface area contributed by atoms with Gasteiger partial charge in [0.1, 0.15) is 5.69 Å². The lowest BCUT2D eigenvalue weighted by atomic mass is 10.1. The summed E-state index contributed by atoms with van der Waals surface area (Å²) in [7, 11) is 0. The van der Waals surface area contributed by atoms with Gasteiger partial charge in [-0.2, -0.15) is 0 Å². The van der Waals surface area contributed by atoms with E-state index >= 15 is 0 Å². The maximum atomic E-state index is 12.5. The van der Waals surface area contributed by atoms with Gasteiger partial charge >= 0.3 is 0 Å². The number of nitrogens with one attached hydrogen (secondary N) is 2. The number of pyridine rings is 1. The maximum Gasteiger partial charge on any atom is 0.272 e. The summed E-state index contributed by atoms with van der Waals surface area (Å²) in [5, 5.41) is 4.07. The van der Waals surface area contributed by atoms with Gasteiger partial charge in [-0.15, -0.1) is 0 Å². The number of amides is 2. The number of hydrogen-bond acceptors (Lipinski definition) is 3. The van der Waals surface area contributed by atoms with Crippen molar-refractivity contribution in [1.82, 2.24) is 4.98 Å². The van der Waals surface area contributed by atoms with E-state index in [4.69, 9.17) is 0 Å². The van der Waals surface area contributed by atoms with Gasteiger partial charge in [0.25, 0.3) is 11.5 Å². The Labute approximate surface area is 149 Å². The number of carbonyl (C=O) groups excluding carboxylic acids is 2. The van der Waals surface area contributed by atoms with Crippen molar-refractivity contribution >= 4 is 34.0 Å². The van der Waals surface area contributed by atoms with Crippen molar-refractivity contribution in [2.45, 2.75) is 13.3 Å². The first kappa shape index (κ1) is 16.1. The molecule has 6 nitrogen and oxygen atoms in total. The van der Waals surface area contributed by atoms with Crippen LogP contribution in [0.4, 0.5) is 11.4 Å². The quantitative estimate of drug-likeness (QED) is 0.748. The minimum absolute atomic E-state index is 0.00859. The number of anilines is 2. The molecule has 2 heterocycles. The zero-order valence-electron chi connectivity index (χ0n) is 14.2. The van der Waals surface area contributed by atoms with E-state index in [0.717, 1.165) is 17.7 Å². The molecule has 0 fully saturated rings. The fourth-order valence-corrected chi connectivity index (χ4v) is 3.34. The minimum atomic E-state index is -0.380. The highest BCUT2D eigenvalue weighted by Gasteiger charge is 2.22. The number of carbonyl (C=O) groups is 2. The summed E-state index contributed by atoms with van der Waals surface area (Å²) in [6.45, 7) is 2.20. The molecule has 0 saturated carbocycles. The lowest BCUT2D eigenvalue weighted by molar-refractivity contribution is -0.116. The Morgan fingerprint density at radius 3 is 2.73 bits per heavy atom. The van der Waals surface area contributed by atoms with Gasteiger partial charge in [0.05, 0.1) is 0 Å². The van der Waals surface area contributed by atoms with Gasteiger partial charge in [-0.25, -0.2) is 0 Å². The van der Waals surface area contributed by atoms with Gasteiger partial charge in [0, 0.05) is 30.2 Å². The Hall–Kier alpha value is -3.41. The van der Waals surface area contributed by atoms with Gasteiger partial charge in [0.15, 0.2) is 0 Å². The van der Waals surface area contributed by atoms with Gasteiger partial charge in [-0.3, -0.25) is 14.4 Å². The van der Waals surface area contributed by atoms with Crippen LogP contribution in [0.25, 0.3) is 10.8 Å². The number of H-pyrrole nitrogens is 1. The summed E-state index contributed by atoms with van der Waals surface area (Å²) in [5.41, 5.74) is 2.45. The van der Waals surface area contributed by atoms with Crippen molar-refractivity contribution in [3.63, 3.8) is 0 Å². The summed E-state index contributed by atoms with van der Waals surface area (Å²) in [6, 6.07) is 14.3. The molecule has 0 atom stereocenters. The normalized spacial score (nSPS) is 12.9. The molecule has 0 unspecified atom stereocenters. The Morgan fingerprint density at radius 1 is 1.12 bits per heavy atom. The number of rotatable bonds is 2. The van der Waals surface area contributed by atoms with Gasteiger partial charge < -0.3 is 15.2 Å². The average Bonchev–Trinajstić information content (AvgIpc) is 3.05. The third kappa shape index (κ3) is 2.75. The molecule has 0 bridgehead atoms. The van der Waals surface area contributed by atoms with E-state index in [1.807, 2.05) is 18.2 Å². The first-order valence-electron chi connectivity index (χ1n) is 8.37. The molecule has 1 aliphatic heterocycles. The van der Waals surface area contributed by atoms with Gasteiger partial charge in [0.2, 0.25) is 5.91 Å². The van der Waals surface area contributed by atoms with Crippen LogP contribution in [0.1, 0.15) is 23.0 Å². The summed E-state index contributed by atoms with van der Waals surface area (Å²) in [5.74, 6) is -0.372. The van der Waals surface area contributed by atoms with E-state index in [1.54, 1.807) is 42.2 Å². The number of nitrogens with zero attached hydrogens (tertiary/aromatic N) is 1. The smallest absolute Gasteiger partial charge is 0.272 e. The fraction of sp³-hybridized carbons (Fsp3) is 0.150. The third-order valence-electron chi connectivity index (χ3n) is 4.61. The molecule has 2 aromatic carbocycles. The van der Waals surface area contributed by atoms with Crippen LogP contribution >= 0.6 is 0 Å². The van der Waals surface area contributed by atoms with E-state index < -0.39 is 0 Å². The molecule has 0 saturated heterocycles. The number of aromatic nitrogens is 1. The van der Waals surface area contributed by atoms with Crippen LogP contribution in [0.15, 0.2) is 53.3 Å². The monoisotopic (exact) mass is 347 g/mol. The highest BCUT2D eigenvalue weighted by atomic mass is 16.2. The molecule has 0 aliphatic carbocycles. The fourth-order valence-electron chi connectivity index (χ4n) is 3.34. The van der Waals surface area contributed by atoms with Crippen LogP contribution in [-0.4, -0.2) is 23.3 Å². The Bertz CT molecular complexity index is 1100. The molecule has 26 heavy (non-hydrogen) atoms.